The van der Waals surface area contributed by atoms with Gasteiger partial charge in [0.1, 0.15) is 5.75 Å². The smallest absolute Gasteiger partial charge is 0.330 e. The van der Waals surface area contributed by atoms with E-state index in [2.05, 4.69) is 5.32 Å². The van der Waals surface area contributed by atoms with Crippen LogP contribution in [0.2, 0.25) is 0 Å². The molecule has 0 radical (unpaired) electrons. The highest BCUT2D eigenvalue weighted by molar-refractivity contribution is 5.85. The van der Waals surface area contributed by atoms with Gasteiger partial charge in [-0.05, 0) is 23.1 Å². The third-order valence-corrected chi connectivity index (χ3v) is 3.85. The van der Waals surface area contributed by atoms with Gasteiger partial charge in [0.05, 0.1) is 7.11 Å². The number of methoxy groups -OCH3 is 1. The fourth-order valence-electron chi connectivity index (χ4n) is 2.61. The Morgan fingerprint density at radius 1 is 1.08 bits per heavy atom. The lowest BCUT2D eigenvalue weighted by Gasteiger charge is -2.18. The Morgan fingerprint density at radius 3 is 2.33 bits per heavy atom. The predicted octanol–water partition coefficient (Wildman–Crippen LogP) is 3.13. The normalized spacial score (nSPS) is 12.9. The van der Waals surface area contributed by atoms with Gasteiger partial charge < -0.3 is 15.2 Å². The number of carbonyl (C=O) groups is 2. The maximum absolute atomic E-state index is 12.3. The highest BCUT2D eigenvalue weighted by atomic mass is 16.5. The Balaban J connectivity index is 2.07. The molecule has 0 saturated heterocycles. The zero-order chi connectivity index (χ0) is 17.5. The van der Waals surface area contributed by atoms with Crippen molar-refractivity contribution in [1.29, 1.82) is 0 Å². The van der Waals surface area contributed by atoms with E-state index in [9.17, 15) is 14.7 Å². The first kappa shape index (κ1) is 17.5. The van der Waals surface area contributed by atoms with Crippen molar-refractivity contribution in [3.05, 3.63) is 65.7 Å². The number of amides is 1. The van der Waals surface area contributed by atoms with E-state index in [-0.39, 0.29) is 18.2 Å². The Labute approximate surface area is 141 Å². The van der Waals surface area contributed by atoms with Crippen molar-refractivity contribution in [3.8, 4) is 5.75 Å². The van der Waals surface area contributed by atoms with E-state index < -0.39 is 12.0 Å². The van der Waals surface area contributed by atoms with Gasteiger partial charge in [0.2, 0.25) is 5.91 Å². The molecule has 2 unspecified atom stereocenters. The molecule has 0 aliphatic rings. The summed E-state index contributed by atoms with van der Waals surface area (Å²) in [5.41, 5.74) is 1.46. The molecule has 24 heavy (non-hydrogen) atoms. The largest absolute Gasteiger partial charge is 0.496 e. The molecule has 126 valence electrons. The van der Waals surface area contributed by atoms with E-state index >= 15 is 0 Å². The number of ether oxygens (including phenoxy) is 1. The highest BCUT2D eigenvalue weighted by Gasteiger charge is 2.23. The van der Waals surface area contributed by atoms with E-state index in [1.807, 2.05) is 31.2 Å². The molecular weight excluding hydrogens is 306 g/mol. The number of para-hydroxylation sites is 1. The summed E-state index contributed by atoms with van der Waals surface area (Å²) in [5, 5.41) is 12.0. The summed E-state index contributed by atoms with van der Waals surface area (Å²) in [6, 6.07) is 15.1. The number of aliphatic carboxylic acids is 1. The summed E-state index contributed by atoms with van der Waals surface area (Å²) in [6.45, 7) is 1.91. The molecule has 2 aromatic rings. The van der Waals surface area contributed by atoms with Crippen LogP contribution in [-0.4, -0.2) is 24.1 Å². The number of rotatable bonds is 7. The van der Waals surface area contributed by atoms with Crippen LogP contribution in [0.5, 0.6) is 5.75 Å². The van der Waals surface area contributed by atoms with Gasteiger partial charge in [-0.2, -0.15) is 0 Å². The topological polar surface area (TPSA) is 75.6 Å². The molecule has 0 heterocycles. The van der Waals surface area contributed by atoms with Crippen molar-refractivity contribution in [1.82, 2.24) is 5.32 Å². The fraction of sp³-hybridized carbons (Fsp3) is 0.263. The van der Waals surface area contributed by atoms with Gasteiger partial charge in [0.15, 0.2) is 6.04 Å². The monoisotopic (exact) mass is 327 g/mol. The van der Waals surface area contributed by atoms with Crippen molar-refractivity contribution in [2.24, 2.45) is 0 Å². The van der Waals surface area contributed by atoms with Crippen LogP contribution in [0, 0.1) is 0 Å². The van der Waals surface area contributed by atoms with Crippen molar-refractivity contribution in [2.75, 3.05) is 7.11 Å². The number of benzene rings is 2. The molecule has 2 aromatic carbocycles. The van der Waals surface area contributed by atoms with Crippen molar-refractivity contribution in [3.63, 3.8) is 0 Å². The van der Waals surface area contributed by atoms with Crippen LogP contribution in [0.4, 0.5) is 0 Å². The lowest BCUT2D eigenvalue weighted by Crippen LogP contribution is -2.34. The number of carbonyl (C=O) groups excluding carboxylic acids is 1. The predicted molar refractivity (Wildman–Crippen MR) is 91.0 cm³/mol. The molecule has 0 spiro atoms. The van der Waals surface area contributed by atoms with Gasteiger partial charge in [0, 0.05) is 6.42 Å². The minimum absolute atomic E-state index is 0.0913. The molecule has 0 saturated carbocycles. The van der Waals surface area contributed by atoms with Gasteiger partial charge in [-0.3, -0.25) is 4.79 Å². The summed E-state index contributed by atoms with van der Waals surface area (Å²) >= 11 is 0. The molecule has 2 atom stereocenters. The van der Waals surface area contributed by atoms with Crippen LogP contribution in [0.1, 0.15) is 36.4 Å². The Hall–Kier alpha value is -2.82. The Kier molecular flexibility index (Phi) is 5.95. The van der Waals surface area contributed by atoms with Crippen LogP contribution >= 0.6 is 0 Å². The fourth-order valence-corrected chi connectivity index (χ4v) is 2.61. The number of nitrogens with one attached hydrogen (secondary N) is 1. The first-order valence-corrected chi connectivity index (χ1v) is 7.73. The number of hydrogen-bond acceptors (Lipinski definition) is 3. The first-order chi connectivity index (χ1) is 11.5. The summed E-state index contributed by atoms with van der Waals surface area (Å²) in [4.78, 5) is 23.8. The van der Waals surface area contributed by atoms with Gasteiger partial charge in [-0.1, -0.05) is 55.5 Å². The molecule has 5 nitrogen and oxygen atoms in total. The van der Waals surface area contributed by atoms with Crippen LogP contribution < -0.4 is 10.1 Å². The number of carboxylic acid groups (broad SMARTS) is 1. The van der Waals surface area contributed by atoms with E-state index in [1.165, 1.54) is 0 Å². The molecule has 2 N–H and O–H groups in total. The highest BCUT2D eigenvalue weighted by Crippen LogP contribution is 2.28. The van der Waals surface area contributed by atoms with Gasteiger partial charge in [-0.25, -0.2) is 4.79 Å². The van der Waals surface area contributed by atoms with Crippen LogP contribution in [-0.2, 0) is 9.59 Å². The van der Waals surface area contributed by atoms with Crippen molar-refractivity contribution >= 4 is 11.9 Å². The molecule has 0 fully saturated rings. The van der Waals surface area contributed by atoms with Crippen LogP contribution in [0.15, 0.2) is 54.6 Å². The van der Waals surface area contributed by atoms with Gasteiger partial charge in [-0.15, -0.1) is 0 Å². The molecule has 5 heteroatoms. The number of carboxylic acids is 1. The SMILES string of the molecule is COc1ccccc1C(C)CC(=O)NC(C(=O)O)c1ccccc1. The number of hydrogen-bond donors (Lipinski definition) is 2. The summed E-state index contributed by atoms with van der Waals surface area (Å²) in [6.07, 6.45) is 0.178. The van der Waals surface area contributed by atoms with E-state index in [0.717, 1.165) is 11.3 Å². The Bertz CT molecular complexity index is 700. The molecule has 1 amide bonds. The third kappa shape index (κ3) is 4.35. The molecule has 0 aromatic heterocycles. The summed E-state index contributed by atoms with van der Waals surface area (Å²) < 4.78 is 5.31. The minimum Gasteiger partial charge on any atom is -0.496 e. The summed E-state index contributed by atoms with van der Waals surface area (Å²) in [7, 11) is 1.58. The van der Waals surface area contributed by atoms with Crippen LogP contribution in [0.25, 0.3) is 0 Å². The standard InChI is InChI=1S/C19H21NO4/c1-13(15-10-6-7-11-16(15)24-2)12-17(21)20-18(19(22)23)14-8-4-3-5-9-14/h3-11,13,18H,12H2,1-2H3,(H,20,21)(H,22,23). The molecule has 0 aliphatic heterocycles. The minimum atomic E-state index is -1.08. The third-order valence-electron chi connectivity index (χ3n) is 3.85. The Morgan fingerprint density at radius 2 is 1.71 bits per heavy atom. The second kappa shape index (κ2) is 8.15. The molecular formula is C19H21NO4. The average Bonchev–Trinajstić information content (AvgIpc) is 2.60. The first-order valence-electron chi connectivity index (χ1n) is 7.73. The molecule has 0 aliphatic carbocycles. The van der Waals surface area contributed by atoms with E-state index in [4.69, 9.17) is 4.74 Å². The summed E-state index contributed by atoms with van der Waals surface area (Å²) in [5.74, 6) is -0.772. The average molecular weight is 327 g/mol. The van der Waals surface area contributed by atoms with E-state index in [0.29, 0.717) is 5.56 Å². The second-order valence-corrected chi connectivity index (χ2v) is 5.60. The van der Waals surface area contributed by atoms with E-state index in [1.54, 1.807) is 37.4 Å². The quantitative estimate of drug-likeness (QED) is 0.819. The zero-order valence-electron chi connectivity index (χ0n) is 13.7. The lowest BCUT2D eigenvalue weighted by molar-refractivity contribution is -0.142. The maximum atomic E-state index is 12.3. The van der Waals surface area contributed by atoms with Crippen molar-refractivity contribution < 1.29 is 19.4 Å². The lowest BCUT2D eigenvalue weighted by atomic mass is 9.96. The van der Waals surface area contributed by atoms with Crippen LogP contribution in [0.3, 0.4) is 0 Å². The second-order valence-electron chi connectivity index (χ2n) is 5.60. The maximum Gasteiger partial charge on any atom is 0.330 e. The van der Waals surface area contributed by atoms with Gasteiger partial charge in [0.25, 0.3) is 0 Å². The molecule has 0 bridgehead atoms. The molecule has 2 rings (SSSR count). The van der Waals surface area contributed by atoms with Gasteiger partial charge >= 0.3 is 5.97 Å². The zero-order valence-corrected chi connectivity index (χ0v) is 13.7. The van der Waals surface area contributed by atoms with Crippen molar-refractivity contribution in [2.45, 2.75) is 25.3 Å².